The number of carbonyl (C=O) groups is 3. The summed E-state index contributed by atoms with van der Waals surface area (Å²) in [6, 6.07) is 10.5. The number of rotatable bonds is 8. The van der Waals surface area contributed by atoms with Gasteiger partial charge in [-0.05, 0) is 60.9 Å². The van der Waals surface area contributed by atoms with Crippen molar-refractivity contribution in [3.63, 3.8) is 0 Å². The van der Waals surface area contributed by atoms with Crippen molar-refractivity contribution < 1.29 is 23.9 Å². The highest BCUT2D eigenvalue weighted by molar-refractivity contribution is 5.93. The summed E-state index contributed by atoms with van der Waals surface area (Å²) in [7, 11) is 1.45. The maximum Gasteiger partial charge on any atom is 0.308 e. The van der Waals surface area contributed by atoms with Crippen molar-refractivity contribution >= 4 is 29.7 Å². The predicted molar refractivity (Wildman–Crippen MR) is 114 cm³/mol. The molecule has 0 radical (unpaired) electrons. The van der Waals surface area contributed by atoms with Crippen molar-refractivity contribution in [3.05, 3.63) is 53.1 Å². The van der Waals surface area contributed by atoms with Gasteiger partial charge in [0.1, 0.15) is 0 Å². The maximum absolute atomic E-state index is 12.0. The van der Waals surface area contributed by atoms with Crippen LogP contribution in [0.2, 0.25) is 0 Å². The number of hydrazone groups is 1. The number of nitrogens with one attached hydrogen (secondary N) is 2. The van der Waals surface area contributed by atoms with Crippen molar-refractivity contribution in [1.29, 1.82) is 0 Å². The molecule has 0 aliphatic rings. The number of ether oxygens (including phenoxy) is 2. The second-order valence-electron chi connectivity index (χ2n) is 6.64. The minimum absolute atomic E-state index is 0.00271. The number of carbonyl (C=O) groups excluding carboxylic acids is 3. The van der Waals surface area contributed by atoms with E-state index in [0.717, 1.165) is 11.1 Å². The lowest BCUT2D eigenvalue weighted by Gasteiger charge is -2.08. The third-order valence-corrected chi connectivity index (χ3v) is 4.21. The third kappa shape index (κ3) is 7.05. The van der Waals surface area contributed by atoms with E-state index < -0.39 is 5.97 Å². The number of amides is 2. The quantitative estimate of drug-likeness (QED) is 0.300. The van der Waals surface area contributed by atoms with Crippen LogP contribution in [0.5, 0.6) is 11.5 Å². The smallest absolute Gasteiger partial charge is 0.308 e. The lowest BCUT2D eigenvalue weighted by atomic mass is 10.1. The number of anilines is 1. The first-order chi connectivity index (χ1) is 14.3. The second-order valence-corrected chi connectivity index (χ2v) is 6.64. The molecule has 2 amide bonds. The molecule has 30 heavy (non-hydrogen) atoms. The first kappa shape index (κ1) is 22.6. The monoisotopic (exact) mass is 411 g/mol. The van der Waals surface area contributed by atoms with E-state index in [4.69, 9.17) is 9.47 Å². The van der Waals surface area contributed by atoms with Crippen LogP contribution in [0.1, 0.15) is 36.5 Å². The molecule has 0 saturated heterocycles. The van der Waals surface area contributed by atoms with Gasteiger partial charge in [-0.25, -0.2) is 5.43 Å². The van der Waals surface area contributed by atoms with E-state index in [1.165, 1.54) is 20.2 Å². The molecule has 0 heterocycles. The molecule has 0 saturated carbocycles. The Labute approximate surface area is 175 Å². The van der Waals surface area contributed by atoms with Gasteiger partial charge < -0.3 is 14.8 Å². The van der Waals surface area contributed by atoms with Crippen molar-refractivity contribution in [2.45, 2.75) is 33.6 Å². The molecule has 2 N–H and O–H groups in total. The van der Waals surface area contributed by atoms with Crippen LogP contribution in [-0.4, -0.2) is 31.1 Å². The Morgan fingerprint density at radius 2 is 1.70 bits per heavy atom. The van der Waals surface area contributed by atoms with Crippen LogP contribution >= 0.6 is 0 Å². The predicted octanol–water partition coefficient (Wildman–Crippen LogP) is 3.11. The fraction of sp³-hybridized carbons (Fsp3) is 0.273. The molecule has 0 spiro atoms. The number of esters is 1. The number of aryl methyl sites for hydroxylation is 2. The average Bonchev–Trinajstić information content (AvgIpc) is 2.70. The summed E-state index contributed by atoms with van der Waals surface area (Å²) in [4.78, 5) is 35.0. The molecule has 2 aromatic carbocycles. The zero-order chi connectivity index (χ0) is 22.1. The lowest BCUT2D eigenvalue weighted by Crippen LogP contribution is -2.20. The maximum atomic E-state index is 12.0. The summed E-state index contributed by atoms with van der Waals surface area (Å²) in [5.74, 6) is -0.429. The van der Waals surface area contributed by atoms with Gasteiger partial charge in [0.05, 0.1) is 13.3 Å². The van der Waals surface area contributed by atoms with Crippen molar-refractivity contribution in [2.24, 2.45) is 5.10 Å². The molecule has 0 bridgehead atoms. The van der Waals surface area contributed by atoms with Crippen LogP contribution in [0, 0.1) is 13.8 Å². The Bertz CT molecular complexity index is 969. The van der Waals surface area contributed by atoms with Gasteiger partial charge >= 0.3 is 5.97 Å². The average molecular weight is 411 g/mol. The van der Waals surface area contributed by atoms with Crippen molar-refractivity contribution in [2.75, 3.05) is 12.4 Å². The largest absolute Gasteiger partial charge is 0.493 e. The highest BCUT2D eigenvalue weighted by Crippen LogP contribution is 2.27. The van der Waals surface area contributed by atoms with Gasteiger partial charge in [0.25, 0.3) is 0 Å². The van der Waals surface area contributed by atoms with Gasteiger partial charge in [0.2, 0.25) is 11.8 Å². The molecule has 0 aromatic heterocycles. The summed E-state index contributed by atoms with van der Waals surface area (Å²) in [6.45, 7) is 5.26. The van der Waals surface area contributed by atoms with Crippen molar-refractivity contribution in [1.82, 2.24) is 5.43 Å². The second kappa shape index (κ2) is 10.8. The van der Waals surface area contributed by atoms with Gasteiger partial charge in [0, 0.05) is 25.5 Å². The van der Waals surface area contributed by atoms with Crippen LogP contribution in [0.4, 0.5) is 5.69 Å². The van der Waals surface area contributed by atoms with E-state index in [2.05, 4.69) is 15.8 Å². The molecule has 8 heteroatoms. The van der Waals surface area contributed by atoms with Crippen LogP contribution in [0.15, 0.2) is 41.5 Å². The van der Waals surface area contributed by atoms with E-state index in [-0.39, 0.29) is 24.7 Å². The molecule has 0 fully saturated rings. The summed E-state index contributed by atoms with van der Waals surface area (Å²) in [6.07, 6.45) is 1.47. The lowest BCUT2D eigenvalue weighted by molar-refractivity contribution is -0.132. The molecule has 0 aliphatic heterocycles. The van der Waals surface area contributed by atoms with E-state index in [0.29, 0.717) is 22.7 Å². The molecule has 0 atom stereocenters. The van der Waals surface area contributed by atoms with Gasteiger partial charge in [-0.3, -0.25) is 14.4 Å². The van der Waals surface area contributed by atoms with Crippen molar-refractivity contribution in [3.8, 4) is 11.5 Å². The van der Waals surface area contributed by atoms with Gasteiger partial charge in [-0.15, -0.1) is 0 Å². The Kier molecular flexibility index (Phi) is 8.10. The molecule has 158 valence electrons. The van der Waals surface area contributed by atoms with Gasteiger partial charge in [0.15, 0.2) is 11.5 Å². The summed E-state index contributed by atoms with van der Waals surface area (Å²) in [5, 5.41) is 6.64. The number of hydrogen-bond donors (Lipinski definition) is 2. The Morgan fingerprint density at radius 3 is 2.37 bits per heavy atom. The van der Waals surface area contributed by atoms with E-state index >= 15 is 0 Å². The third-order valence-electron chi connectivity index (χ3n) is 4.21. The fourth-order valence-corrected chi connectivity index (χ4v) is 2.51. The van der Waals surface area contributed by atoms with E-state index in [1.807, 2.05) is 32.0 Å². The first-order valence-electron chi connectivity index (χ1n) is 9.34. The number of hydrogen-bond acceptors (Lipinski definition) is 6. The van der Waals surface area contributed by atoms with Crippen LogP contribution in [-0.2, 0) is 14.4 Å². The number of methoxy groups -OCH3 is 1. The Balaban J connectivity index is 1.82. The normalized spacial score (nSPS) is 10.5. The topological polar surface area (TPSA) is 106 Å². The zero-order valence-corrected chi connectivity index (χ0v) is 17.4. The highest BCUT2D eigenvalue weighted by Gasteiger charge is 2.09. The molecule has 2 rings (SSSR count). The highest BCUT2D eigenvalue weighted by atomic mass is 16.6. The summed E-state index contributed by atoms with van der Waals surface area (Å²) >= 11 is 0. The van der Waals surface area contributed by atoms with Crippen LogP contribution in [0.3, 0.4) is 0 Å². The summed E-state index contributed by atoms with van der Waals surface area (Å²) < 4.78 is 10.2. The number of nitrogens with zero attached hydrogens (tertiary/aromatic N) is 1. The molecule has 0 aliphatic carbocycles. The molecule has 2 aromatic rings. The first-order valence-corrected chi connectivity index (χ1v) is 9.34. The minimum Gasteiger partial charge on any atom is -0.493 e. The molecular formula is C22H25N3O5. The van der Waals surface area contributed by atoms with Crippen LogP contribution in [0.25, 0.3) is 0 Å². The Hall–Kier alpha value is -3.68. The zero-order valence-electron chi connectivity index (χ0n) is 17.4. The summed E-state index contributed by atoms with van der Waals surface area (Å²) in [5.41, 5.74) is 5.94. The fourth-order valence-electron chi connectivity index (χ4n) is 2.51. The number of benzene rings is 2. The van der Waals surface area contributed by atoms with Gasteiger partial charge in [-0.2, -0.15) is 5.10 Å². The minimum atomic E-state index is -0.455. The Morgan fingerprint density at radius 1 is 0.967 bits per heavy atom. The van der Waals surface area contributed by atoms with E-state index in [9.17, 15) is 14.4 Å². The molecule has 8 nitrogen and oxygen atoms in total. The van der Waals surface area contributed by atoms with Gasteiger partial charge in [-0.1, -0.05) is 6.07 Å². The molecule has 0 unspecified atom stereocenters. The van der Waals surface area contributed by atoms with E-state index in [1.54, 1.807) is 18.2 Å². The standard InChI is InChI=1S/C22H25N3O5/c1-14-5-7-18(11-15(14)2)24-21(27)9-10-22(28)25-23-13-17-6-8-19(30-16(3)26)20(12-17)29-4/h5-8,11-13H,9-10H2,1-4H3,(H,24,27)(H,25,28). The van der Waals surface area contributed by atoms with Crippen LogP contribution < -0.4 is 20.2 Å². The molecular weight excluding hydrogens is 386 g/mol. The SMILES string of the molecule is COc1cc(C=NNC(=O)CCC(=O)Nc2ccc(C)c(C)c2)ccc1OC(C)=O.